The zero-order valence-electron chi connectivity index (χ0n) is 15.3. The number of carbonyl (C=O) groups is 1. The number of carbonyl (C=O) groups excluding carboxylic acids is 1. The van der Waals surface area contributed by atoms with Gasteiger partial charge in [-0.1, -0.05) is 6.92 Å². The summed E-state index contributed by atoms with van der Waals surface area (Å²) in [5.74, 6) is 2.46. The minimum absolute atomic E-state index is 0.126. The van der Waals surface area contributed by atoms with Crippen LogP contribution in [0.25, 0.3) is 0 Å². The van der Waals surface area contributed by atoms with E-state index < -0.39 is 0 Å². The molecule has 0 saturated carbocycles. The summed E-state index contributed by atoms with van der Waals surface area (Å²) in [5.41, 5.74) is 0.649. The van der Waals surface area contributed by atoms with E-state index in [1.165, 1.54) is 12.8 Å². The van der Waals surface area contributed by atoms with Gasteiger partial charge in [-0.15, -0.1) is 0 Å². The molecule has 6 heteroatoms. The number of fused-ring (bicyclic) bond motifs is 1. The molecular formula is C19H30N4O2. The Morgan fingerprint density at radius 3 is 2.92 bits per heavy atom. The third-order valence-corrected chi connectivity index (χ3v) is 5.90. The predicted octanol–water partition coefficient (Wildman–Crippen LogP) is 1.65. The molecule has 1 aromatic heterocycles. The Kier molecular flexibility index (Phi) is 5.08. The lowest BCUT2D eigenvalue weighted by Gasteiger charge is -2.36. The van der Waals surface area contributed by atoms with Crippen LogP contribution in [0, 0.1) is 11.8 Å². The molecule has 3 aliphatic rings. The van der Waals surface area contributed by atoms with E-state index in [9.17, 15) is 4.79 Å². The van der Waals surface area contributed by atoms with Gasteiger partial charge in [-0.25, -0.2) is 4.98 Å². The van der Waals surface area contributed by atoms with E-state index in [2.05, 4.69) is 21.4 Å². The molecule has 25 heavy (non-hydrogen) atoms. The Bertz CT molecular complexity index is 609. The standard InChI is InChI=1S/C19H30N4O2/c1-15-4-6-22-14-17(20-18(22)11-15)19(24)23-5-2-3-16(13-23)12-21-7-9-25-10-8-21/h14-16H,2-13H2,1H3/t15?,16-/m1/s1. The molecule has 2 atom stereocenters. The number of rotatable bonds is 3. The van der Waals surface area contributed by atoms with E-state index in [0.717, 1.165) is 71.1 Å². The van der Waals surface area contributed by atoms with Gasteiger partial charge in [-0.05, 0) is 31.1 Å². The lowest BCUT2D eigenvalue weighted by atomic mass is 9.97. The van der Waals surface area contributed by atoms with Gasteiger partial charge in [0.05, 0.1) is 13.2 Å². The van der Waals surface area contributed by atoms with Gasteiger partial charge in [-0.3, -0.25) is 9.69 Å². The Balaban J connectivity index is 1.38. The van der Waals surface area contributed by atoms with Gasteiger partial charge in [0.1, 0.15) is 11.5 Å². The van der Waals surface area contributed by atoms with Crippen molar-refractivity contribution >= 4 is 5.91 Å². The summed E-state index contributed by atoms with van der Waals surface area (Å²) in [7, 11) is 0. The van der Waals surface area contributed by atoms with Gasteiger partial charge in [0.25, 0.3) is 5.91 Å². The molecular weight excluding hydrogens is 316 g/mol. The molecule has 0 radical (unpaired) electrons. The number of nitrogens with zero attached hydrogens (tertiary/aromatic N) is 4. The fraction of sp³-hybridized carbons (Fsp3) is 0.789. The topological polar surface area (TPSA) is 50.6 Å². The molecule has 2 fully saturated rings. The van der Waals surface area contributed by atoms with Crippen molar-refractivity contribution in [1.29, 1.82) is 0 Å². The summed E-state index contributed by atoms with van der Waals surface area (Å²) in [4.78, 5) is 22.1. The Hall–Kier alpha value is -1.40. The van der Waals surface area contributed by atoms with Crippen molar-refractivity contribution in [3.05, 3.63) is 17.7 Å². The van der Waals surface area contributed by atoms with Gasteiger partial charge < -0.3 is 14.2 Å². The molecule has 0 aliphatic carbocycles. The van der Waals surface area contributed by atoms with Crippen LogP contribution in [0.2, 0.25) is 0 Å². The molecule has 0 spiro atoms. The average Bonchev–Trinajstić information content (AvgIpc) is 3.05. The summed E-state index contributed by atoms with van der Waals surface area (Å²) < 4.78 is 7.62. The quantitative estimate of drug-likeness (QED) is 0.835. The minimum Gasteiger partial charge on any atom is -0.379 e. The van der Waals surface area contributed by atoms with Crippen LogP contribution in [-0.2, 0) is 17.7 Å². The summed E-state index contributed by atoms with van der Waals surface area (Å²) in [6, 6.07) is 0. The lowest BCUT2D eigenvalue weighted by molar-refractivity contribution is 0.0223. The highest BCUT2D eigenvalue weighted by molar-refractivity contribution is 5.92. The monoisotopic (exact) mass is 346 g/mol. The number of aryl methyl sites for hydroxylation is 1. The maximum atomic E-state index is 13.0. The van der Waals surface area contributed by atoms with Crippen LogP contribution >= 0.6 is 0 Å². The summed E-state index contributed by atoms with van der Waals surface area (Å²) in [6.07, 6.45) is 6.48. The number of aromatic nitrogens is 2. The number of imidazole rings is 1. The van der Waals surface area contributed by atoms with Crippen molar-refractivity contribution in [3.63, 3.8) is 0 Å². The second kappa shape index (κ2) is 7.46. The van der Waals surface area contributed by atoms with Crippen molar-refractivity contribution < 1.29 is 9.53 Å². The minimum atomic E-state index is 0.126. The first kappa shape index (κ1) is 17.0. The van der Waals surface area contributed by atoms with Gasteiger partial charge >= 0.3 is 0 Å². The zero-order chi connectivity index (χ0) is 17.2. The highest BCUT2D eigenvalue weighted by Gasteiger charge is 2.28. The number of hydrogen-bond donors (Lipinski definition) is 0. The average molecular weight is 346 g/mol. The van der Waals surface area contributed by atoms with Gasteiger partial charge in [0.2, 0.25) is 0 Å². The third kappa shape index (κ3) is 3.90. The first-order chi connectivity index (χ1) is 12.2. The number of hydrogen-bond acceptors (Lipinski definition) is 4. The number of amides is 1. The second-order valence-electron chi connectivity index (χ2n) is 8.01. The van der Waals surface area contributed by atoms with Crippen LogP contribution < -0.4 is 0 Å². The van der Waals surface area contributed by atoms with Gasteiger partial charge in [0.15, 0.2) is 0 Å². The summed E-state index contributed by atoms with van der Waals surface area (Å²) >= 11 is 0. The van der Waals surface area contributed by atoms with Crippen molar-refractivity contribution in [3.8, 4) is 0 Å². The molecule has 0 bridgehead atoms. The van der Waals surface area contributed by atoms with Crippen LogP contribution in [-0.4, -0.2) is 71.2 Å². The van der Waals surface area contributed by atoms with E-state index in [4.69, 9.17) is 4.74 Å². The lowest BCUT2D eigenvalue weighted by Crippen LogP contribution is -2.46. The van der Waals surface area contributed by atoms with Crippen molar-refractivity contribution in [1.82, 2.24) is 19.4 Å². The number of likely N-dealkylation sites (tertiary alicyclic amines) is 1. The fourth-order valence-corrected chi connectivity index (χ4v) is 4.40. The molecule has 1 unspecified atom stereocenters. The highest BCUT2D eigenvalue weighted by atomic mass is 16.5. The largest absolute Gasteiger partial charge is 0.379 e. The molecule has 138 valence electrons. The molecule has 1 aromatic rings. The van der Waals surface area contributed by atoms with Crippen LogP contribution in [0.3, 0.4) is 0 Å². The first-order valence-electron chi connectivity index (χ1n) is 9.84. The molecule has 1 amide bonds. The van der Waals surface area contributed by atoms with E-state index in [1.807, 2.05) is 11.1 Å². The van der Waals surface area contributed by atoms with Crippen LogP contribution in [0.5, 0.6) is 0 Å². The van der Waals surface area contributed by atoms with Gasteiger partial charge in [0, 0.05) is 51.9 Å². The predicted molar refractivity (Wildman–Crippen MR) is 95.6 cm³/mol. The summed E-state index contributed by atoms with van der Waals surface area (Å²) in [6.45, 7) is 9.82. The van der Waals surface area contributed by atoms with Gasteiger partial charge in [-0.2, -0.15) is 0 Å². The third-order valence-electron chi connectivity index (χ3n) is 5.90. The molecule has 4 heterocycles. The van der Waals surface area contributed by atoms with Crippen molar-refractivity contribution in [2.24, 2.45) is 11.8 Å². The van der Waals surface area contributed by atoms with E-state index in [-0.39, 0.29) is 5.91 Å². The normalized spacial score (nSPS) is 28.0. The first-order valence-corrected chi connectivity index (χ1v) is 9.84. The van der Waals surface area contributed by atoms with Crippen LogP contribution in [0.15, 0.2) is 6.20 Å². The maximum absolute atomic E-state index is 13.0. The second-order valence-corrected chi connectivity index (χ2v) is 8.01. The highest BCUT2D eigenvalue weighted by Crippen LogP contribution is 2.23. The molecule has 0 aromatic carbocycles. The molecule has 4 rings (SSSR count). The fourth-order valence-electron chi connectivity index (χ4n) is 4.40. The van der Waals surface area contributed by atoms with Crippen LogP contribution in [0.4, 0.5) is 0 Å². The summed E-state index contributed by atoms with van der Waals surface area (Å²) in [5, 5.41) is 0. The van der Waals surface area contributed by atoms with E-state index >= 15 is 0 Å². The SMILES string of the molecule is CC1CCn2cc(C(=O)N3CCC[C@H](CN4CCOCC4)C3)nc2C1. The Labute approximate surface area is 150 Å². The van der Waals surface area contributed by atoms with Crippen LogP contribution in [0.1, 0.15) is 42.5 Å². The Morgan fingerprint density at radius 2 is 2.08 bits per heavy atom. The zero-order valence-corrected chi connectivity index (χ0v) is 15.3. The van der Waals surface area contributed by atoms with Crippen molar-refractivity contribution in [2.75, 3.05) is 45.9 Å². The molecule has 0 N–H and O–H groups in total. The maximum Gasteiger partial charge on any atom is 0.274 e. The molecule has 6 nitrogen and oxygen atoms in total. The smallest absolute Gasteiger partial charge is 0.274 e. The van der Waals surface area contributed by atoms with E-state index in [0.29, 0.717) is 17.5 Å². The van der Waals surface area contributed by atoms with E-state index in [1.54, 1.807) is 0 Å². The van der Waals surface area contributed by atoms with Crippen molar-refractivity contribution in [2.45, 2.75) is 39.2 Å². The molecule has 2 saturated heterocycles. The molecule has 3 aliphatic heterocycles. The number of ether oxygens (including phenoxy) is 1. The Morgan fingerprint density at radius 1 is 1.24 bits per heavy atom. The number of piperidine rings is 1. The number of morpholine rings is 1.